The minimum atomic E-state index is -1.42. The summed E-state index contributed by atoms with van der Waals surface area (Å²) in [6.45, 7) is 3.58. The Morgan fingerprint density at radius 3 is 2.70 bits per heavy atom. The molecule has 0 saturated heterocycles. The lowest BCUT2D eigenvalue weighted by Gasteiger charge is -2.35. The number of fused-ring (bicyclic) bond motifs is 2. The largest absolute Gasteiger partial charge is 0.497 e. The molecule has 0 bridgehead atoms. The molecule has 1 amide bonds. The summed E-state index contributed by atoms with van der Waals surface area (Å²) in [6.07, 6.45) is 3.01. The Labute approximate surface area is 236 Å². The number of methoxy groups -OCH3 is 1. The smallest absolute Gasteiger partial charge is 0.222 e. The first kappa shape index (κ1) is 26.3. The number of aliphatic imine (C=N–C) groups is 1. The van der Waals surface area contributed by atoms with Crippen LogP contribution >= 0.6 is 0 Å². The normalized spacial score (nSPS) is 17.6. The quantitative estimate of drug-likeness (QED) is 0.329. The number of ether oxygens (including phenoxy) is 1. The second kappa shape index (κ2) is 11.7. The molecule has 4 aromatic rings. The third kappa shape index (κ3) is 5.52. The summed E-state index contributed by atoms with van der Waals surface area (Å²) in [6, 6.07) is 23.8. The van der Waals surface area contributed by atoms with E-state index in [2.05, 4.69) is 44.5 Å². The average molecular weight is 556 g/mol. The molecule has 2 aliphatic heterocycles. The summed E-state index contributed by atoms with van der Waals surface area (Å²) in [5.74, 6) is 1.69. The van der Waals surface area contributed by atoms with Gasteiger partial charge in [0.2, 0.25) is 5.91 Å². The minimum absolute atomic E-state index is 0.0478. The molecule has 8 nitrogen and oxygen atoms in total. The van der Waals surface area contributed by atoms with E-state index in [0.29, 0.717) is 13.1 Å². The summed E-state index contributed by atoms with van der Waals surface area (Å²) in [5, 5.41) is 8.40. The zero-order valence-corrected chi connectivity index (χ0v) is 23.3. The summed E-state index contributed by atoms with van der Waals surface area (Å²) < 4.78 is 23.3. The Hall–Kier alpha value is -3.95. The van der Waals surface area contributed by atoms with Crippen molar-refractivity contribution >= 4 is 33.5 Å². The number of carbonyl (C=O) groups is 1. The predicted octanol–water partition coefficient (Wildman–Crippen LogP) is 3.83. The number of amides is 1. The number of nitrogens with zero attached hydrogens (tertiary/aromatic N) is 3. The van der Waals surface area contributed by atoms with E-state index in [1.807, 2.05) is 59.0 Å². The highest BCUT2D eigenvalue weighted by molar-refractivity contribution is 7.82. The molecule has 0 aliphatic carbocycles. The first-order chi connectivity index (χ1) is 19.6. The van der Waals surface area contributed by atoms with Crippen molar-refractivity contribution in [3.63, 3.8) is 0 Å². The molecule has 6 rings (SSSR count). The van der Waals surface area contributed by atoms with Crippen LogP contribution in [0.2, 0.25) is 0 Å². The summed E-state index contributed by atoms with van der Waals surface area (Å²) in [7, 11) is 0.232. The number of nitrogens with one attached hydrogen (secondary N) is 2. The van der Waals surface area contributed by atoms with Gasteiger partial charge in [-0.15, -0.1) is 0 Å². The van der Waals surface area contributed by atoms with Crippen LogP contribution in [-0.4, -0.2) is 58.1 Å². The van der Waals surface area contributed by atoms with Crippen LogP contribution in [0.1, 0.15) is 29.3 Å². The van der Waals surface area contributed by atoms with Crippen molar-refractivity contribution in [2.45, 2.75) is 30.3 Å². The molecule has 3 aromatic carbocycles. The van der Waals surface area contributed by atoms with Crippen LogP contribution in [0.5, 0.6) is 5.75 Å². The first-order valence-corrected chi connectivity index (χ1v) is 14.8. The van der Waals surface area contributed by atoms with Crippen LogP contribution in [-0.2, 0) is 28.7 Å². The Morgan fingerprint density at radius 1 is 1.07 bits per heavy atom. The lowest BCUT2D eigenvalue weighted by Crippen LogP contribution is -2.41. The first-order valence-electron chi connectivity index (χ1n) is 13.6. The molecule has 2 N–H and O–H groups in total. The van der Waals surface area contributed by atoms with Gasteiger partial charge in [-0.1, -0.05) is 36.4 Å². The summed E-state index contributed by atoms with van der Waals surface area (Å²) in [5.41, 5.74) is 3.26. The van der Waals surface area contributed by atoms with Gasteiger partial charge >= 0.3 is 0 Å². The number of hydrogen-bond donors (Lipinski definition) is 2. The number of benzene rings is 3. The fourth-order valence-corrected chi connectivity index (χ4v) is 6.78. The van der Waals surface area contributed by atoms with E-state index in [9.17, 15) is 9.00 Å². The maximum atomic E-state index is 13.9. The van der Waals surface area contributed by atoms with Gasteiger partial charge in [-0.05, 0) is 59.2 Å². The molecular formula is C31H33N5O3S. The Bertz CT molecular complexity index is 1580. The molecule has 40 heavy (non-hydrogen) atoms. The van der Waals surface area contributed by atoms with Gasteiger partial charge < -0.3 is 19.9 Å². The molecule has 0 fully saturated rings. The van der Waals surface area contributed by atoms with Gasteiger partial charge in [0.1, 0.15) is 22.6 Å². The van der Waals surface area contributed by atoms with E-state index in [0.717, 1.165) is 70.1 Å². The Morgan fingerprint density at radius 2 is 1.90 bits per heavy atom. The molecule has 2 atom stereocenters. The highest BCUT2D eigenvalue weighted by Gasteiger charge is 2.33. The lowest BCUT2D eigenvalue weighted by atomic mass is 10.1. The van der Waals surface area contributed by atoms with E-state index >= 15 is 0 Å². The molecule has 0 radical (unpaired) electrons. The predicted molar refractivity (Wildman–Crippen MR) is 158 cm³/mol. The second-order valence-electron chi connectivity index (χ2n) is 10.1. The van der Waals surface area contributed by atoms with Crippen molar-refractivity contribution in [3.05, 3.63) is 95.8 Å². The molecule has 3 heterocycles. The molecule has 0 spiro atoms. The number of rotatable bonds is 9. The molecule has 2 aliphatic rings. The van der Waals surface area contributed by atoms with E-state index in [1.54, 1.807) is 7.11 Å². The van der Waals surface area contributed by atoms with Crippen LogP contribution in [0.4, 0.5) is 0 Å². The van der Waals surface area contributed by atoms with Gasteiger partial charge in [-0.3, -0.25) is 9.79 Å². The van der Waals surface area contributed by atoms with Crippen molar-refractivity contribution in [2.24, 2.45) is 4.99 Å². The van der Waals surface area contributed by atoms with Crippen molar-refractivity contribution in [3.8, 4) is 5.75 Å². The van der Waals surface area contributed by atoms with Gasteiger partial charge in [-0.2, -0.15) is 0 Å². The fraction of sp³-hybridized carbons (Fsp3) is 0.290. The zero-order valence-electron chi connectivity index (χ0n) is 22.5. The van der Waals surface area contributed by atoms with Crippen molar-refractivity contribution in [1.82, 2.24) is 19.5 Å². The van der Waals surface area contributed by atoms with Crippen LogP contribution in [0, 0.1) is 0 Å². The average Bonchev–Trinajstić information content (AvgIpc) is 3.70. The second-order valence-corrected chi connectivity index (χ2v) is 11.5. The van der Waals surface area contributed by atoms with Crippen LogP contribution in [0.25, 0.3) is 10.8 Å². The van der Waals surface area contributed by atoms with Gasteiger partial charge in [0, 0.05) is 50.1 Å². The van der Waals surface area contributed by atoms with Crippen molar-refractivity contribution < 1.29 is 13.7 Å². The minimum Gasteiger partial charge on any atom is -0.497 e. The number of amidine groups is 1. The summed E-state index contributed by atoms with van der Waals surface area (Å²) >= 11 is 0. The standard InChI is InChI=1S/C31H33N5O3S/c1-39-26-10-8-25-20-27(11-9-24(25)19-26)40(38)36-18-17-35-16-2-3-28(35)29(36)21-30(37)32-13-12-22-4-6-23(7-5-22)31-33-14-15-34-31/h2-11,16,19-20,29H,12-15,17-18,21H2,1H3,(H,32,37)(H,33,34). The Kier molecular flexibility index (Phi) is 7.66. The van der Waals surface area contributed by atoms with Gasteiger partial charge in [-0.25, -0.2) is 8.51 Å². The summed E-state index contributed by atoms with van der Waals surface area (Å²) in [4.78, 5) is 18.3. The number of hydrogen-bond acceptors (Lipinski definition) is 5. The van der Waals surface area contributed by atoms with Crippen LogP contribution in [0.15, 0.2) is 88.9 Å². The topological polar surface area (TPSA) is 88.0 Å². The Balaban J connectivity index is 1.12. The molecule has 9 heteroatoms. The third-order valence-corrected chi connectivity index (χ3v) is 9.08. The molecule has 206 valence electrons. The third-order valence-electron chi connectivity index (χ3n) is 7.56. The SMILES string of the molecule is COc1ccc2cc(S(=O)N3CCn4cccc4C3CC(=O)NCCc3ccc(C4=NCCN4)cc3)ccc2c1. The van der Waals surface area contributed by atoms with E-state index in [4.69, 9.17) is 4.74 Å². The van der Waals surface area contributed by atoms with Crippen LogP contribution < -0.4 is 15.4 Å². The van der Waals surface area contributed by atoms with E-state index < -0.39 is 11.0 Å². The number of carbonyl (C=O) groups excluding carboxylic acids is 1. The van der Waals surface area contributed by atoms with E-state index in [-0.39, 0.29) is 18.4 Å². The van der Waals surface area contributed by atoms with Crippen LogP contribution in [0.3, 0.4) is 0 Å². The van der Waals surface area contributed by atoms with Gasteiger partial charge in [0.15, 0.2) is 0 Å². The van der Waals surface area contributed by atoms with Gasteiger partial charge in [0.05, 0.1) is 24.6 Å². The zero-order chi connectivity index (χ0) is 27.5. The van der Waals surface area contributed by atoms with Crippen molar-refractivity contribution in [1.29, 1.82) is 0 Å². The fourth-order valence-electron chi connectivity index (χ4n) is 5.44. The van der Waals surface area contributed by atoms with Gasteiger partial charge in [0.25, 0.3) is 0 Å². The highest BCUT2D eigenvalue weighted by atomic mass is 32.2. The highest BCUT2D eigenvalue weighted by Crippen LogP contribution is 2.33. The number of aromatic nitrogens is 1. The maximum absolute atomic E-state index is 13.9. The monoisotopic (exact) mass is 555 g/mol. The molecular weight excluding hydrogens is 522 g/mol. The molecule has 0 saturated carbocycles. The molecule has 1 aromatic heterocycles. The molecule has 2 unspecified atom stereocenters. The maximum Gasteiger partial charge on any atom is 0.222 e. The van der Waals surface area contributed by atoms with Crippen molar-refractivity contribution in [2.75, 3.05) is 33.3 Å². The lowest BCUT2D eigenvalue weighted by molar-refractivity contribution is -0.122. The van der Waals surface area contributed by atoms with E-state index in [1.165, 1.54) is 0 Å².